The molecular weight excluding hydrogens is 392 g/mol. The fraction of sp³-hybridized carbons (Fsp3) is 0.545. The zero-order valence-corrected chi connectivity index (χ0v) is 17.6. The second kappa shape index (κ2) is 8.91. The fourth-order valence-corrected chi connectivity index (χ4v) is 5.97. The van der Waals surface area contributed by atoms with Gasteiger partial charge in [0.25, 0.3) is 5.91 Å². The first-order valence-electron chi connectivity index (χ1n) is 10.3. The molecule has 4 rings (SSSR count). The van der Waals surface area contributed by atoms with E-state index in [1.165, 1.54) is 12.8 Å². The van der Waals surface area contributed by atoms with Crippen LogP contribution in [0.25, 0.3) is 6.08 Å². The summed E-state index contributed by atoms with van der Waals surface area (Å²) in [6.45, 7) is 1.80. The molecule has 1 aromatic carbocycles. The molecule has 0 spiro atoms. The Labute approximate surface area is 176 Å². The number of carbonyl (C=O) groups excluding carboxylic acids is 2. The van der Waals surface area contributed by atoms with Gasteiger partial charge < -0.3 is 10.2 Å². The average molecular weight is 419 g/mol. The zero-order valence-electron chi connectivity index (χ0n) is 16.0. The van der Waals surface area contributed by atoms with E-state index in [-0.39, 0.29) is 17.9 Å². The molecule has 4 nitrogen and oxygen atoms in total. The average Bonchev–Trinajstić information content (AvgIpc) is 2.99. The highest BCUT2D eigenvalue weighted by atomic mass is 35.5. The van der Waals surface area contributed by atoms with E-state index in [2.05, 4.69) is 10.2 Å². The van der Waals surface area contributed by atoms with Crippen LogP contribution in [0.1, 0.15) is 50.5 Å². The second-order valence-corrected chi connectivity index (χ2v) is 9.70. The van der Waals surface area contributed by atoms with Crippen molar-refractivity contribution in [2.75, 3.05) is 13.1 Å². The summed E-state index contributed by atoms with van der Waals surface area (Å²) in [5.41, 5.74) is 0.866. The summed E-state index contributed by atoms with van der Waals surface area (Å²) < 4.78 is 0. The second-order valence-electron chi connectivity index (χ2n) is 8.02. The van der Waals surface area contributed by atoms with E-state index >= 15 is 0 Å². The standard InChI is InChI=1S/C22H27ClN2O2S/c23-17-8-4-3-7-15(17)14-20-21(26)24-18-13-16(9-10-19(18)28-20)22(27)25-11-5-1-2-6-12-25/h3-4,7-8,14,16,18-19H,1-2,5-6,9-13H2,(H,24,26)/b20-14+. The van der Waals surface area contributed by atoms with Gasteiger partial charge in [-0.2, -0.15) is 0 Å². The number of hydrogen-bond acceptors (Lipinski definition) is 3. The number of fused-ring (bicyclic) bond motifs is 1. The minimum atomic E-state index is -0.0472. The summed E-state index contributed by atoms with van der Waals surface area (Å²) in [5, 5.41) is 4.15. The minimum Gasteiger partial charge on any atom is -0.348 e. The van der Waals surface area contributed by atoms with Gasteiger partial charge in [0.15, 0.2) is 0 Å². The lowest BCUT2D eigenvalue weighted by Crippen LogP contribution is -2.52. The van der Waals surface area contributed by atoms with Crippen molar-refractivity contribution in [3.63, 3.8) is 0 Å². The van der Waals surface area contributed by atoms with Gasteiger partial charge >= 0.3 is 0 Å². The Bertz CT molecular complexity index is 774. The SMILES string of the molecule is O=C1NC2CC(C(=O)N3CCCCCC3)CCC2S/C1=C/c1ccccc1Cl. The fourth-order valence-electron chi connectivity index (χ4n) is 4.50. The molecule has 28 heavy (non-hydrogen) atoms. The molecule has 3 fully saturated rings. The molecule has 3 atom stereocenters. The summed E-state index contributed by atoms with van der Waals surface area (Å²) in [6, 6.07) is 7.65. The number of hydrogen-bond donors (Lipinski definition) is 1. The molecule has 3 unspecified atom stereocenters. The number of amides is 2. The van der Waals surface area contributed by atoms with Gasteiger partial charge in [0.2, 0.25) is 5.91 Å². The Balaban J connectivity index is 1.41. The van der Waals surface area contributed by atoms with E-state index in [1.54, 1.807) is 11.8 Å². The van der Waals surface area contributed by atoms with Gasteiger partial charge in [-0.1, -0.05) is 42.6 Å². The van der Waals surface area contributed by atoms with Crippen LogP contribution >= 0.6 is 23.4 Å². The Hall–Kier alpha value is -1.46. The van der Waals surface area contributed by atoms with Gasteiger partial charge in [-0.3, -0.25) is 9.59 Å². The maximum atomic E-state index is 13.0. The molecule has 2 heterocycles. The smallest absolute Gasteiger partial charge is 0.257 e. The Morgan fingerprint density at radius 3 is 2.64 bits per heavy atom. The van der Waals surface area contributed by atoms with Crippen molar-refractivity contribution < 1.29 is 9.59 Å². The monoisotopic (exact) mass is 418 g/mol. The third kappa shape index (κ3) is 4.41. The number of nitrogens with zero attached hydrogens (tertiary/aromatic N) is 1. The molecule has 1 aliphatic carbocycles. The third-order valence-electron chi connectivity index (χ3n) is 6.06. The third-order valence-corrected chi connectivity index (χ3v) is 7.83. The van der Waals surface area contributed by atoms with Crippen LogP contribution < -0.4 is 5.32 Å². The van der Waals surface area contributed by atoms with Gasteiger partial charge in [0.05, 0.1) is 4.91 Å². The van der Waals surface area contributed by atoms with E-state index in [4.69, 9.17) is 11.6 Å². The van der Waals surface area contributed by atoms with Crippen LogP contribution in [0.4, 0.5) is 0 Å². The Morgan fingerprint density at radius 1 is 1.14 bits per heavy atom. The van der Waals surface area contributed by atoms with Gasteiger partial charge in [0.1, 0.15) is 0 Å². The first-order valence-corrected chi connectivity index (χ1v) is 11.6. The van der Waals surface area contributed by atoms with Crippen molar-refractivity contribution in [2.24, 2.45) is 5.92 Å². The maximum absolute atomic E-state index is 13.0. The van der Waals surface area contributed by atoms with E-state index < -0.39 is 0 Å². The van der Waals surface area contributed by atoms with Crippen molar-refractivity contribution in [2.45, 2.75) is 56.2 Å². The van der Waals surface area contributed by atoms with E-state index in [0.717, 1.165) is 50.8 Å². The lowest BCUT2D eigenvalue weighted by molar-refractivity contribution is -0.137. The zero-order chi connectivity index (χ0) is 19.5. The number of rotatable bonds is 2. The van der Waals surface area contributed by atoms with E-state index in [1.807, 2.05) is 30.3 Å². The topological polar surface area (TPSA) is 49.4 Å². The van der Waals surface area contributed by atoms with Crippen LogP contribution in [0.5, 0.6) is 0 Å². The van der Waals surface area contributed by atoms with Crippen LogP contribution in [0, 0.1) is 5.92 Å². The number of carbonyl (C=O) groups is 2. The van der Waals surface area contributed by atoms with Gasteiger partial charge in [0, 0.05) is 35.3 Å². The van der Waals surface area contributed by atoms with Crippen LogP contribution in [0.2, 0.25) is 5.02 Å². The van der Waals surface area contributed by atoms with Gasteiger partial charge in [-0.25, -0.2) is 0 Å². The predicted octanol–water partition coefficient (Wildman–Crippen LogP) is 4.48. The normalized spacial score (nSPS) is 29.8. The van der Waals surface area contributed by atoms with Crippen molar-refractivity contribution in [3.8, 4) is 0 Å². The summed E-state index contributed by atoms with van der Waals surface area (Å²) in [4.78, 5) is 28.4. The molecule has 150 valence electrons. The predicted molar refractivity (Wildman–Crippen MR) is 115 cm³/mol. The van der Waals surface area contributed by atoms with Crippen LogP contribution in [-0.2, 0) is 9.59 Å². The van der Waals surface area contributed by atoms with E-state index in [0.29, 0.717) is 21.1 Å². The van der Waals surface area contributed by atoms with Crippen LogP contribution in [0.15, 0.2) is 29.2 Å². The molecule has 2 amide bonds. The molecule has 2 aliphatic heterocycles. The quantitative estimate of drug-likeness (QED) is 0.720. The summed E-state index contributed by atoms with van der Waals surface area (Å²) in [6.07, 6.45) is 9.21. The number of benzene rings is 1. The summed E-state index contributed by atoms with van der Waals surface area (Å²) in [5.74, 6) is 0.306. The number of halogens is 1. The molecule has 3 aliphatic rings. The molecular formula is C22H27ClN2O2S. The van der Waals surface area contributed by atoms with Crippen LogP contribution in [-0.4, -0.2) is 41.1 Å². The summed E-state index contributed by atoms with van der Waals surface area (Å²) >= 11 is 7.89. The highest BCUT2D eigenvalue weighted by molar-refractivity contribution is 8.04. The molecule has 0 radical (unpaired) electrons. The molecule has 1 N–H and O–H groups in total. The van der Waals surface area contributed by atoms with E-state index in [9.17, 15) is 9.59 Å². The van der Waals surface area contributed by atoms with Crippen molar-refractivity contribution >= 4 is 41.3 Å². The molecule has 1 aromatic rings. The molecule has 2 saturated heterocycles. The molecule has 0 aromatic heterocycles. The minimum absolute atomic E-state index is 0.0472. The number of nitrogens with one attached hydrogen (secondary N) is 1. The summed E-state index contributed by atoms with van der Waals surface area (Å²) in [7, 11) is 0. The highest BCUT2D eigenvalue weighted by Gasteiger charge is 2.40. The first-order chi connectivity index (χ1) is 13.6. The largest absolute Gasteiger partial charge is 0.348 e. The first kappa shape index (κ1) is 19.8. The molecule has 6 heteroatoms. The molecule has 0 bridgehead atoms. The lowest BCUT2D eigenvalue weighted by atomic mass is 9.84. The maximum Gasteiger partial charge on any atom is 0.257 e. The van der Waals surface area contributed by atoms with Crippen molar-refractivity contribution in [1.82, 2.24) is 10.2 Å². The Morgan fingerprint density at radius 2 is 1.89 bits per heavy atom. The number of likely N-dealkylation sites (tertiary alicyclic amines) is 1. The van der Waals surface area contributed by atoms with Crippen molar-refractivity contribution in [3.05, 3.63) is 39.8 Å². The number of thioether (sulfide) groups is 1. The van der Waals surface area contributed by atoms with Crippen LogP contribution in [0.3, 0.4) is 0 Å². The highest BCUT2D eigenvalue weighted by Crippen LogP contribution is 2.40. The van der Waals surface area contributed by atoms with Gasteiger partial charge in [-0.05, 0) is 49.8 Å². The Kier molecular flexibility index (Phi) is 6.32. The van der Waals surface area contributed by atoms with Gasteiger partial charge in [-0.15, -0.1) is 11.8 Å². The van der Waals surface area contributed by atoms with Crippen molar-refractivity contribution in [1.29, 1.82) is 0 Å². The molecule has 1 saturated carbocycles. The lowest BCUT2D eigenvalue weighted by Gasteiger charge is -2.40.